The van der Waals surface area contributed by atoms with Crippen molar-refractivity contribution in [1.29, 1.82) is 0 Å². The van der Waals surface area contributed by atoms with Gasteiger partial charge >= 0.3 is 0 Å². The maximum Gasteiger partial charge on any atom is 0.162 e. The highest BCUT2D eigenvalue weighted by Gasteiger charge is 2.07. The number of rotatable bonds is 3. The van der Waals surface area contributed by atoms with Crippen LogP contribution in [0.2, 0.25) is 0 Å². The molecule has 2 aromatic heterocycles. The second-order valence-electron chi connectivity index (χ2n) is 3.29. The van der Waals surface area contributed by atoms with Crippen LogP contribution >= 0.6 is 11.3 Å². The SMILES string of the molecule is CC(N)Cc1cnc(-c2ccco2)s1. The zero-order valence-corrected chi connectivity index (χ0v) is 8.75. The molecule has 1 atom stereocenters. The predicted octanol–water partition coefficient (Wildman–Crippen LogP) is 2.29. The van der Waals surface area contributed by atoms with E-state index in [0.717, 1.165) is 17.2 Å². The number of nitrogens with zero attached hydrogens (tertiary/aromatic N) is 1. The van der Waals surface area contributed by atoms with Gasteiger partial charge in [-0.2, -0.15) is 0 Å². The van der Waals surface area contributed by atoms with Gasteiger partial charge in [0.25, 0.3) is 0 Å². The zero-order valence-electron chi connectivity index (χ0n) is 7.93. The molecule has 2 rings (SSSR count). The summed E-state index contributed by atoms with van der Waals surface area (Å²) in [5.41, 5.74) is 5.71. The second kappa shape index (κ2) is 3.94. The first-order valence-corrected chi connectivity index (χ1v) is 5.31. The predicted molar refractivity (Wildman–Crippen MR) is 57.2 cm³/mol. The molecule has 2 heterocycles. The lowest BCUT2D eigenvalue weighted by Gasteiger charge is -1.98. The first-order valence-electron chi connectivity index (χ1n) is 4.50. The molecule has 3 nitrogen and oxygen atoms in total. The molecule has 1 unspecified atom stereocenters. The van der Waals surface area contributed by atoms with E-state index in [1.165, 1.54) is 4.88 Å². The first-order chi connectivity index (χ1) is 6.75. The summed E-state index contributed by atoms with van der Waals surface area (Å²) in [5.74, 6) is 0.825. The summed E-state index contributed by atoms with van der Waals surface area (Å²) in [6.45, 7) is 1.99. The van der Waals surface area contributed by atoms with Gasteiger partial charge in [-0.3, -0.25) is 0 Å². The van der Waals surface area contributed by atoms with Gasteiger partial charge in [-0.25, -0.2) is 4.98 Å². The quantitative estimate of drug-likeness (QED) is 0.842. The summed E-state index contributed by atoms with van der Waals surface area (Å²) in [6, 6.07) is 3.95. The Bertz CT molecular complexity index is 392. The molecule has 4 heteroatoms. The topological polar surface area (TPSA) is 52.0 Å². The molecule has 0 fully saturated rings. The van der Waals surface area contributed by atoms with Crippen molar-refractivity contribution in [3.8, 4) is 10.8 Å². The molecule has 0 aliphatic rings. The standard InChI is InChI=1S/C10H12N2OS/c1-7(11)5-8-6-12-10(14-8)9-3-2-4-13-9/h2-4,6-7H,5,11H2,1H3. The van der Waals surface area contributed by atoms with Gasteiger partial charge in [-0.1, -0.05) is 0 Å². The number of aromatic nitrogens is 1. The lowest BCUT2D eigenvalue weighted by molar-refractivity contribution is 0.582. The van der Waals surface area contributed by atoms with E-state index >= 15 is 0 Å². The minimum absolute atomic E-state index is 0.180. The molecule has 0 aromatic carbocycles. The van der Waals surface area contributed by atoms with Gasteiger partial charge in [0.15, 0.2) is 10.8 Å². The van der Waals surface area contributed by atoms with Crippen molar-refractivity contribution in [2.24, 2.45) is 5.73 Å². The highest BCUT2D eigenvalue weighted by Crippen LogP contribution is 2.25. The van der Waals surface area contributed by atoms with Crippen LogP contribution in [-0.4, -0.2) is 11.0 Å². The monoisotopic (exact) mass is 208 g/mol. The van der Waals surface area contributed by atoms with Crippen LogP contribution in [0.25, 0.3) is 10.8 Å². The maximum absolute atomic E-state index is 5.71. The van der Waals surface area contributed by atoms with Gasteiger partial charge in [0.05, 0.1) is 6.26 Å². The van der Waals surface area contributed by atoms with E-state index in [1.807, 2.05) is 25.3 Å². The molecule has 0 bridgehead atoms. The zero-order chi connectivity index (χ0) is 9.97. The lowest BCUT2D eigenvalue weighted by atomic mass is 10.2. The van der Waals surface area contributed by atoms with Crippen LogP contribution in [0.4, 0.5) is 0 Å². The maximum atomic E-state index is 5.71. The van der Waals surface area contributed by atoms with Crippen LogP contribution < -0.4 is 5.73 Å². The van der Waals surface area contributed by atoms with Gasteiger partial charge in [0.1, 0.15) is 0 Å². The normalized spacial score (nSPS) is 13.0. The Labute approximate surface area is 86.6 Å². The molecule has 74 valence electrons. The molecule has 0 amide bonds. The summed E-state index contributed by atoms with van der Waals surface area (Å²) in [7, 11) is 0. The second-order valence-corrected chi connectivity index (χ2v) is 4.41. The average Bonchev–Trinajstić information content (AvgIpc) is 2.69. The van der Waals surface area contributed by atoms with Gasteiger partial charge in [-0.05, 0) is 25.5 Å². The first kappa shape index (κ1) is 9.43. The van der Waals surface area contributed by atoms with Crippen LogP contribution in [0.5, 0.6) is 0 Å². The highest BCUT2D eigenvalue weighted by molar-refractivity contribution is 7.14. The van der Waals surface area contributed by atoms with E-state index in [0.29, 0.717) is 0 Å². The number of furan rings is 1. The van der Waals surface area contributed by atoms with Crippen molar-refractivity contribution in [1.82, 2.24) is 4.98 Å². The van der Waals surface area contributed by atoms with Crippen molar-refractivity contribution in [2.45, 2.75) is 19.4 Å². The Morgan fingerprint density at radius 2 is 2.50 bits per heavy atom. The minimum atomic E-state index is 0.180. The summed E-state index contributed by atoms with van der Waals surface area (Å²) in [5, 5.41) is 0.922. The number of hydrogen-bond donors (Lipinski definition) is 1. The van der Waals surface area contributed by atoms with Crippen molar-refractivity contribution < 1.29 is 4.42 Å². The summed E-state index contributed by atoms with van der Waals surface area (Å²) >= 11 is 1.63. The fourth-order valence-electron chi connectivity index (χ4n) is 1.23. The van der Waals surface area contributed by atoms with E-state index in [9.17, 15) is 0 Å². The molecular formula is C10H12N2OS. The van der Waals surface area contributed by atoms with Gasteiger partial charge in [-0.15, -0.1) is 11.3 Å². The van der Waals surface area contributed by atoms with Gasteiger partial charge in [0, 0.05) is 17.1 Å². The van der Waals surface area contributed by atoms with E-state index in [2.05, 4.69) is 4.98 Å². The molecular weight excluding hydrogens is 196 g/mol. The largest absolute Gasteiger partial charge is 0.462 e. The Morgan fingerprint density at radius 1 is 1.64 bits per heavy atom. The number of thiazole rings is 1. The van der Waals surface area contributed by atoms with Crippen molar-refractivity contribution in [3.05, 3.63) is 29.5 Å². The number of nitrogens with two attached hydrogens (primary N) is 1. The Kier molecular flexibility index (Phi) is 2.65. The molecule has 14 heavy (non-hydrogen) atoms. The van der Waals surface area contributed by atoms with Gasteiger partial charge < -0.3 is 10.2 Å². The average molecular weight is 208 g/mol. The number of hydrogen-bond acceptors (Lipinski definition) is 4. The smallest absolute Gasteiger partial charge is 0.162 e. The Balaban J connectivity index is 2.18. The van der Waals surface area contributed by atoms with E-state index in [-0.39, 0.29) is 6.04 Å². The molecule has 0 saturated carbocycles. The Hall–Kier alpha value is -1.13. The van der Waals surface area contributed by atoms with E-state index in [4.69, 9.17) is 10.2 Å². The van der Waals surface area contributed by atoms with Crippen LogP contribution in [0.15, 0.2) is 29.0 Å². The molecule has 0 radical (unpaired) electrons. The molecule has 2 N–H and O–H groups in total. The summed E-state index contributed by atoms with van der Waals surface area (Å²) in [4.78, 5) is 5.48. The molecule has 0 spiro atoms. The third kappa shape index (κ3) is 2.02. The van der Waals surface area contributed by atoms with Crippen LogP contribution in [0.3, 0.4) is 0 Å². The highest BCUT2D eigenvalue weighted by atomic mass is 32.1. The third-order valence-corrected chi connectivity index (χ3v) is 2.84. The summed E-state index contributed by atoms with van der Waals surface area (Å²) in [6.07, 6.45) is 4.40. The van der Waals surface area contributed by atoms with Crippen molar-refractivity contribution in [2.75, 3.05) is 0 Å². The fourth-order valence-corrected chi connectivity index (χ4v) is 2.26. The summed E-state index contributed by atoms with van der Waals surface area (Å²) < 4.78 is 5.25. The van der Waals surface area contributed by atoms with E-state index in [1.54, 1.807) is 17.6 Å². The van der Waals surface area contributed by atoms with Crippen molar-refractivity contribution in [3.63, 3.8) is 0 Å². The molecule has 0 aliphatic carbocycles. The molecule has 0 saturated heterocycles. The van der Waals surface area contributed by atoms with Crippen LogP contribution in [-0.2, 0) is 6.42 Å². The van der Waals surface area contributed by atoms with E-state index < -0.39 is 0 Å². The van der Waals surface area contributed by atoms with Gasteiger partial charge in [0.2, 0.25) is 0 Å². The minimum Gasteiger partial charge on any atom is -0.462 e. The van der Waals surface area contributed by atoms with Crippen LogP contribution in [0, 0.1) is 0 Å². The van der Waals surface area contributed by atoms with Crippen LogP contribution in [0.1, 0.15) is 11.8 Å². The van der Waals surface area contributed by atoms with Crippen molar-refractivity contribution >= 4 is 11.3 Å². The lowest BCUT2D eigenvalue weighted by Crippen LogP contribution is -2.16. The molecule has 0 aliphatic heterocycles. The Morgan fingerprint density at radius 3 is 3.14 bits per heavy atom. The third-order valence-electron chi connectivity index (χ3n) is 1.81. The molecule has 2 aromatic rings. The fraction of sp³-hybridized carbons (Fsp3) is 0.300.